The number of aromatic nitrogens is 1. The van der Waals surface area contributed by atoms with Gasteiger partial charge in [0, 0.05) is 23.5 Å². The number of alkyl carbamates (subject to hydrolysis) is 1. The maximum Gasteiger partial charge on any atom is 0.407 e. The highest BCUT2D eigenvalue weighted by Gasteiger charge is 2.62. The van der Waals surface area contributed by atoms with Gasteiger partial charge in [0.25, 0.3) is 5.56 Å². The summed E-state index contributed by atoms with van der Waals surface area (Å²) in [5.74, 6) is -0.772. The Morgan fingerprint density at radius 2 is 1.77 bits per heavy atom. The normalized spacial score (nSPS) is 18.4. The lowest BCUT2D eigenvalue weighted by atomic mass is 10.1. The summed E-state index contributed by atoms with van der Waals surface area (Å²) in [6.45, 7) is 3.50. The molecule has 2 aromatic carbocycles. The van der Waals surface area contributed by atoms with Crippen LogP contribution in [-0.4, -0.2) is 47.5 Å². The molecule has 1 unspecified atom stereocenters. The number of hydrogen-bond acceptors (Lipinski definition) is 7. The minimum atomic E-state index is -3.99. The summed E-state index contributed by atoms with van der Waals surface area (Å²) in [4.78, 5) is 37.5. The van der Waals surface area contributed by atoms with Crippen molar-refractivity contribution in [2.45, 2.75) is 62.9 Å². The number of esters is 1. The van der Waals surface area contributed by atoms with E-state index in [-0.39, 0.29) is 42.1 Å². The number of ether oxygens (including phenoxy) is 2. The Hall–Kier alpha value is -3.70. The van der Waals surface area contributed by atoms with Crippen LogP contribution in [0.1, 0.15) is 38.7 Å². The highest BCUT2D eigenvalue weighted by atomic mass is 32.2. The number of fused-ring (bicyclic) bond motifs is 1. The van der Waals surface area contributed by atoms with Gasteiger partial charge < -0.3 is 14.8 Å². The molecule has 0 bridgehead atoms. The van der Waals surface area contributed by atoms with E-state index in [1.165, 1.54) is 27.2 Å². The number of nitrogens with zero attached hydrogens (tertiary/aromatic N) is 2. The van der Waals surface area contributed by atoms with E-state index < -0.39 is 33.2 Å². The molecular formula is C28H31N3O7S. The Balaban J connectivity index is 1.34. The number of hydrogen-bond donors (Lipinski definition) is 1. The summed E-state index contributed by atoms with van der Waals surface area (Å²) < 4.78 is 41.1. The summed E-state index contributed by atoms with van der Waals surface area (Å²) in [7, 11) is -3.99. The Labute approximate surface area is 226 Å². The van der Waals surface area contributed by atoms with Crippen LogP contribution >= 0.6 is 0 Å². The van der Waals surface area contributed by atoms with Crippen LogP contribution in [0.3, 0.4) is 0 Å². The summed E-state index contributed by atoms with van der Waals surface area (Å²) in [6.07, 6.45) is 2.54. The minimum absolute atomic E-state index is 0.0296. The summed E-state index contributed by atoms with van der Waals surface area (Å²) in [5, 5.41) is 3.38. The molecule has 0 radical (unpaired) electrons. The molecule has 2 fully saturated rings. The van der Waals surface area contributed by atoms with E-state index in [0.29, 0.717) is 24.6 Å². The number of nitrogens with one attached hydrogen (secondary N) is 1. The third-order valence-corrected chi connectivity index (χ3v) is 9.44. The van der Waals surface area contributed by atoms with Crippen LogP contribution in [0.4, 0.5) is 4.79 Å². The molecule has 1 N–H and O–H groups in total. The van der Waals surface area contributed by atoms with Gasteiger partial charge in [-0.2, -0.15) is 4.31 Å². The number of benzene rings is 2. The van der Waals surface area contributed by atoms with Gasteiger partial charge in [-0.1, -0.05) is 50.2 Å². The van der Waals surface area contributed by atoms with E-state index in [9.17, 15) is 22.8 Å². The lowest BCUT2D eigenvalue weighted by Crippen LogP contribution is -2.48. The molecule has 1 aliphatic carbocycles. The molecule has 11 heteroatoms. The summed E-state index contributed by atoms with van der Waals surface area (Å²) in [5.41, 5.74) is -0.311. The molecule has 1 atom stereocenters. The largest absolute Gasteiger partial charge is 0.445 e. The van der Waals surface area contributed by atoms with Crippen LogP contribution in [0.5, 0.6) is 0 Å². The monoisotopic (exact) mass is 553 g/mol. The van der Waals surface area contributed by atoms with Gasteiger partial charge in [0.2, 0.25) is 10.0 Å². The molecule has 1 amide bonds. The van der Waals surface area contributed by atoms with Crippen LogP contribution in [0, 0.1) is 5.92 Å². The first kappa shape index (κ1) is 26.9. The van der Waals surface area contributed by atoms with E-state index in [0.717, 1.165) is 5.56 Å². The van der Waals surface area contributed by atoms with Crippen molar-refractivity contribution in [1.29, 1.82) is 0 Å². The van der Waals surface area contributed by atoms with Gasteiger partial charge >= 0.3 is 12.1 Å². The van der Waals surface area contributed by atoms with Crippen LogP contribution in [-0.2, 0) is 37.6 Å². The smallest absolute Gasteiger partial charge is 0.407 e. The highest BCUT2D eigenvalue weighted by molar-refractivity contribution is 7.89. The second kappa shape index (κ2) is 10.5. The van der Waals surface area contributed by atoms with Gasteiger partial charge in [-0.05, 0) is 43.0 Å². The van der Waals surface area contributed by atoms with Crippen molar-refractivity contribution in [2.75, 3.05) is 6.54 Å². The van der Waals surface area contributed by atoms with Crippen LogP contribution in [0.25, 0.3) is 10.8 Å². The first-order valence-electron chi connectivity index (χ1n) is 12.9. The molecular weight excluding hydrogens is 522 g/mol. The second-order valence-corrected chi connectivity index (χ2v) is 12.1. The fourth-order valence-corrected chi connectivity index (χ4v) is 7.22. The molecule has 3 aromatic rings. The van der Waals surface area contributed by atoms with Crippen molar-refractivity contribution in [3.05, 3.63) is 76.7 Å². The van der Waals surface area contributed by atoms with Crippen LogP contribution in [0.15, 0.2) is 70.5 Å². The summed E-state index contributed by atoms with van der Waals surface area (Å²) >= 11 is 0. The molecule has 1 spiro atoms. The summed E-state index contributed by atoms with van der Waals surface area (Å²) in [6, 6.07) is 15.1. The van der Waals surface area contributed by atoms with Gasteiger partial charge in [-0.25, -0.2) is 13.2 Å². The van der Waals surface area contributed by atoms with Crippen LogP contribution in [0.2, 0.25) is 0 Å². The van der Waals surface area contributed by atoms with Crippen molar-refractivity contribution in [3.63, 3.8) is 0 Å². The Morgan fingerprint density at radius 1 is 1.03 bits per heavy atom. The van der Waals surface area contributed by atoms with E-state index in [4.69, 9.17) is 9.47 Å². The fourth-order valence-electron chi connectivity index (χ4n) is 5.14. The molecule has 2 heterocycles. The van der Waals surface area contributed by atoms with E-state index >= 15 is 0 Å². The molecule has 5 rings (SSSR count). The molecule has 1 aliphatic heterocycles. The molecule has 1 aromatic heterocycles. The Morgan fingerprint density at radius 3 is 2.46 bits per heavy atom. The minimum Gasteiger partial charge on any atom is -0.445 e. The quantitative estimate of drug-likeness (QED) is 0.424. The Kier molecular flexibility index (Phi) is 7.21. The molecule has 1 saturated carbocycles. The predicted molar refractivity (Wildman–Crippen MR) is 143 cm³/mol. The average Bonchev–Trinajstić information content (AvgIpc) is 3.64. The standard InChI is InChI=1S/C28H31N3O7S/c1-19(2)26(33)38-18-30-15-11-21-22(25(30)32)9-6-10-23(21)39(35,36)31-16-12-24(28(31)13-14-28)29-27(34)37-17-20-7-4-3-5-8-20/h3-11,15,19,24H,12-14,16-18H2,1-2H3,(H,29,34). The zero-order valence-corrected chi connectivity index (χ0v) is 22.6. The molecule has 2 aliphatic rings. The number of pyridine rings is 1. The van der Waals surface area contributed by atoms with E-state index in [1.807, 2.05) is 30.3 Å². The Bertz CT molecular complexity index is 1560. The maximum absolute atomic E-state index is 13.9. The lowest BCUT2D eigenvalue weighted by molar-refractivity contribution is -0.151. The topological polar surface area (TPSA) is 124 Å². The molecule has 1 saturated heterocycles. The van der Waals surface area contributed by atoms with Crippen molar-refractivity contribution in [3.8, 4) is 0 Å². The lowest BCUT2D eigenvalue weighted by Gasteiger charge is -2.28. The number of carbonyl (C=O) groups excluding carboxylic acids is 2. The van der Waals surface area contributed by atoms with Gasteiger partial charge in [-0.15, -0.1) is 0 Å². The average molecular weight is 554 g/mol. The van der Waals surface area contributed by atoms with Crippen molar-refractivity contribution >= 4 is 32.9 Å². The zero-order valence-electron chi connectivity index (χ0n) is 21.8. The maximum atomic E-state index is 13.9. The molecule has 39 heavy (non-hydrogen) atoms. The highest BCUT2D eigenvalue weighted by Crippen LogP contribution is 2.52. The van der Waals surface area contributed by atoms with Crippen LogP contribution < -0.4 is 10.9 Å². The van der Waals surface area contributed by atoms with Gasteiger partial charge in [0.15, 0.2) is 6.73 Å². The molecule has 206 valence electrons. The van der Waals surface area contributed by atoms with Gasteiger partial charge in [0.05, 0.1) is 22.4 Å². The van der Waals surface area contributed by atoms with Crippen molar-refractivity contribution in [2.24, 2.45) is 5.92 Å². The number of sulfonamides is 1. The first-order valence-corrected chi connectivity index (χ1v) is 14.4. The van der Waals surface area contributed by atoms with Gasteiger partial charge in [-0.3, -0.25) is 14.2 Å². The third kappa shape index (κ3) is 5.16. The second-order valence-electron chi connectivity index (χ2n) is 10.3. The fraction of sp³-hybridized carbons (Fsp3) is 0.393. The van der Waals surface area contributed by atoms with Crippen molar-refractivity contribution < 1.29 is 27.5 Å². The van der Waals surface area contributed by atoms with E-state index in [2.05, 4.69) is 5.32 Å². The SMILES string of the molecule is CC(C)C(=O)OCn1ccc2c(S(=O)(=O)N3CCC(NC(=O)OCc4ccccc4)C34CC4)cccc2c1=O. The number of rotatable bonds is 8. The number of amides is 1. The predicted octanol–water partition coefficient (Wildman–Crippen LogP) is 3.38. The number of carbonyl (C=O) groups is 2. The van der Waals surface area contributed by atoms with Crippen molar-refractivity contribution in [1.82, 2.24) is 14.2 Å². The van der Waals surface area contributed by atoms with E-state index in [1.54, 1.807) is 26.0 Å². The molecule has 10 nitrogen and oxygen atoms in total. The van der Waals surface area contributed by atoms with Gasteiger partial charge in [0.1, 0.15) is 6.61 Å². The third-order valence-electron chi connectivity index (χ3n) is 7.40. The first-order chi connectivity index (χ1) is 18.6. The zero-order chi connectivity index (χ0) is 27.8.